The van der Waals surface area contributed by atoms with Gasteiger partial charge >= 0.3 is 0 Å². The maximum absolute atomic E-state index is 12.4. The van der Waals surface area contributed by atoms with Gasteiger partial charge in [0.2, 0.25) is 11.8 Å². The molecule has 7 heteroatoms. The summed E-state index contributed by atoms with van der Waals surface area (Å²) in [6, 6.07) is 6.90. The van der Waals surface area contributed by atoms with Gasteiger partial charge in [-0.2, -0.15) is 0 Å². The monoisotopic (exact) mass is 373 g/mol. The third-order valence-electron chi connectivity index (χ3n) is 4.56. The molecule has 1 fully saturated rings. The number of nitrogens with one attached hydrogen (secondary N) is 1. The van der Waals surface area contributed by atoms with Crippen molar-refractivity contribution in [3.63, 3.8) is 0 Å². The van der Waals surface area contributed by atoms with Gasteiger partial charge in [-0.1, -0.05) is 43.2 Å². The molecule has 1 saturated carbocycles. The van der Waals surface area contributed by atoms with Gasteiger partial charge in [0.15, 0.2) is 5.78 Å². The predicted molar refractivity (Wildman–Crippen MR) is 101 cm³/mol. The van der Waals surface area contributed by atoms with Crippen LogP contribution in [0, 0.1) is 0 Å². The van der Waals surface area contributed by atoms with Crippen molar-refractivity contribution in [2.24, 2.45) is 0 Å². The number of aromatic nitrogens is 2. The van der Waals surface area contributed by atoms with Crippen molar-refractivity contribution >= 4 is 29.1 Å². The van der Waals surface area contributed by atoms with Gasteiger partial charge in [0.1, 0.15) is 0 Å². The fraction of sp³-hybridized carbons (Fsp3) is 0.474. The molecule has 1 aliphatic carbocycles. The van der Waals surface area contributed by atoms with Crippen LogP contribution in [0.2, 0.25) is 0 Å². The Balaban J connectivity index is 1.58. The van der Waals surface area contributed by atoms with E-state index in [4.69, 9.17) is 4.42 Å². The molecule has 1 N–H and O–H groups in total. The summed E-state index contributed by atoms with van der Waals surface area (Å²) in [6.07, 6.45) is 5.86. The lowest BCUT2D eigenvalue weighted by atomic mass is 9.89. The zero-order valence-corrected chi connectivity index (χ0v) is 15.8. The van der Waals surface area contributed by atoms with Gasteiger partial charge in [-0.15, -0.1) is 10.2 Å². The second kappa shape index (κ2) is 8.49. The second-order valence-electron chi connectivity index (χ2n) is 6.63. The standard InChI is InChI=1S/C19H23N3O3S/c1-12(23)15-9-6-10-16(11-15)20-17(24)13(2)26-19-22-21-18(25-19)14-7-4-3-5-8-14/h6,9-11,13-14H,3-5,7-8H2,1-2H3,(H,20,24)/t13-/m0/s1. The molecule has 26 heavy (non-hydrogen) atoms. The van der Waals surface area contributed by atoms with Crippen molar-refractivity contribution in [3.05, 3.63) is 35.7 Å². The maximum Gasteiger partial charge on any atom is 0.277 e. The largest absolute Gasteiger partial charge is 0.416 e. The minimum atomic E-state index is -0.393. The van der Waals surface area contributed by atoms with E-state index in [9.17, 15) is 9.59 Å². The number of Topliss-reactive ketones (excluding diaryl/α,β-unsaturated/α-hetero) is 1. The van der Waals surface area contributed by atoms with Crippen LogP contribution in [0.1, 0.15) is 68.1 Å². The van der Waals surface area contributed by atoms with E-state index >= 15 is 0 Å². The average molecular weight is 373 g/mol. The first-order chi connectivity index (χ1) is 12.5. The zero-order valence-electron chi connectivity index (χ0n) is 15.0. The van der Waals surface area contributed by atoms with Gasteiger partial charge in [-0.05, 0) is 38.8 Å². The number of rotatable bonds is 6. The normalized spacial score (nSPS) is 16.2. The van der Waals surface area contributed by atoms with Crippen LogP contribution in [0.15, 0.2) is 33.9 Å². The van der Waals surface area contributed by atoms with Gasteiger partial charge in [-0.3, -0.25) is 9.59 Å². The molecule has 0 aliphatic heterocycles. The molecule has 0 unspecified atom stereocenters. The Morgan fingerprint density at radius 3 is 2.73 bits per heavy atom. The Morgan fingerprint density at radius 2 is 2.00 bits per heavy atom. The molecule has 0 saturated heterocycles. The van der Waals surface area contributed by atoms with Gasteiger partial charge in [0, 0.05) is 17.2 Å². The molecule has 1 aromatic carbocycles. The molecule has 0 radical (unpaired) electrons. The minimum Gasteiger partial charge on any atom is -0.416 e. The molecule has 1 heterocycles. The maximum atomic E-state index is 12.4. The molecular formula is C19H23N3O3S. The number of carbonyl (C=O) groups excluding carboxylic acids is 2. The lowest BCUT2D eigenvalue weighted by Gasteiger charge is -2.17. The third-order valence-corrected chi connectivity index (χ3v) is 5.49. The Labute approximate surface area is 157 Å². The number of benzene rings is 1. The first-order valence-electron chi connectivity index (χ1n) is 8.95. The summed E-state index contributed by atoms with van der Waals surface area (Å²) in [6.45, 7) is 3.29. The number of amides is 1. The number of anilines is 1. The van der Waals surface area contributed by atoms with Crippen LogP contribution in [0.25, 0.3) is 0 Å². The van der Waals surface area contributed by atoms with Crippen LogP contribution in [0.3, 0.4) is 0 Å². The molecular weight excluding hydrogens is 350 g/mol. The molecule has 0 bridgehead atoms. The van der Waals surface area contributed by atoms with Crippen molar-refractivity contribution < 1.29 is 14.0 Å². The first-order valence-corrected chi connectivity index (χ1v) is 9.83. The number of thioether (sulfide) groups is 1. The van der Waals surface area contributed by atoms with E-state index in [1.165, 1.54) is 37.9 Å². The molecule has 6 nitrogen and oxygen atoms in total. The number of carbonyl (C=O) groups is 2. The zero-order chi connectivity index (χ0) is 18.5. The summed E-state index contributed by atoms with van der Waals surface area (Å²) in [4.78, 5) is 23.8. The van der Waals surface area contributed by atoms with Gasteiger partial charge in [0.25, 0.3) is 5.22 Å². The van der Waals surface area contributed by atoms with Crippen molar-refractivity contribution in [1.82, 2.24) is 10.2 Å². The Morgan fingerprint density at radius 1 is 1.23 bits per heavy atom. The van der Waals surface area contributed by atoms with E-state index in [2.05, 4.69) is 15.5 Å². The van der Waals surface area contributed by atoms with E-state index < -0.39 is 5.25 Å². The highest BCUT2D eigenvalue weighted by Crippen LogP contribution is 2.33. The molecule has 1 aliphatic rings. The average Bonchev–Trinajstić information content (AvgIpc) is 3.11. The summed E-state index contributed by atoms with van der Waals surface area (Å²) in [5.74, 6) is 0.829. The summed E-state index contributed by atoms with van der Waals surface area (Å²) < 4.78 is 5.76. The molecule has 0 spiro atoms. The number of ketones is 1. The fourth-order valence-electron chi connectivity index (χ4n) is 3.05. The first kappa shape index (κ1) is 18.6. The van der Waals surface area contributed by atoms with E-state index in [1.807, 2.05) is 0 Å². The van der Waals surface area contributed by atoms with E-state index in [0.717, 1.165) is 12.8 Å². The molecule has 1 amide bonds. The molecule has 3 rings (SSSR count). The van der Waals surface area contributed by atoms with Crippen LogP contribution in [-0.4, -0.2) is 27.1 Å². The van der Waals surface area contributed by atoms with E-state index in [1.54, 1.807) is 31.2 Å². The highest BCUT2D eigenvalue weighted by molar-refractivity contribution is 8.00. The number of hydrogen-bond acceptors (Lipinski definition) is 6. The van der Waals surface area contributed by atoms with E-state index in [0.29, 0.717) is 28.3 Å². The third kappa shape index (κ3) is 4.72. The van der Waals surface area contributed by atoms with Crippen molar-refractivity contribution in [3.8, 4) is 0 Å². The minimum absolute atomic E-state index is 0.0374. The van der Waals surface area contributed by atoms with Crippen molar-refractivity contribution in [1.29, 1.82) is 0 Å². The van der Waals surface area contributed by atoms with Crippen LogP contribution in [0.4, 0.5) is 5.69 Å². The topological polar surface area (TPSA) is 85.1 Å². The van der Waals surface area contributed by atoms with Crippen LogP contribution in [-0.2, 0) is 4.79 Å². The highest BCUT2D eigenvalue weighted by atomic mass is 32.2. The molecule has 1 atom stereocenters. The summed E-state index contributed by atoms with van der Waals surface area (Å²) >= 11 is 1.25. The quantitative estimate of drug-likeness (QED) is 0.595. The molecule has 1 aromatic heterocycles. The molecule has 2 aromatic rings. The molecule has 138 valence electrons. The fourth-order valence-corrected chi connectivity index (χ4v) is 3.74. The number of nitrogens with zero attached hydrogens (tertiary/aromatic N) is 2. The van der Waals surface area contributed by atoms with Crippen LogP contribution < -0.4 is 5.32 Å². The number of hydrogen-bond donors (Lipinski definition) is 1. The predicted octanol–water partition coefficient (Wildman–Crippen LogP) is 4.44. The Kier molecular flexibility index (Phi) is 6.08. The smallest absolute Gasteiger partial charge is 0.277 e. The SMILES string of the molecule is CC(=O)c1cccc(NC(=O)[C@H](C)Sc2nnc(C3CCCCC3)o2)c1. The lowest BCUT2D eigenvalue weighted by Crippen LogP contribution is -2.22. The van der Waals surface area contributed by atoms with Crippen molar-refractivity contribution in [2.45, 2.75) is 62.3 Å². The van der Waals surface area contributed by atoms with Crippen molar-refractivity contribution in [2.75, 3.05) is 5.32 Å². The van der Waals surface area contributed by atoms with Crippen LogP contribution >= 0.6 is 11.8 Å². The second-order valence-corrected chi connectivity index (χ2v) is 7.92. The van der Waals surface area contributed by atoms with Crippen LogP contribution in [0.5, 0.6) is 0 Å². The Bertz CT molecular complexity index is 784. The summed E-state index contributed by atoms with van der Waals surface area (Å²) in [7, 11) is 0. The summed E-state index contributed by atoms with van der Waals surface area (Å²) in [5, 5.41) is 11.1. The van der Waals surface area contributed by atoms with Gasteiger partial charge in [-0.25, -0.2) is 0 Å². The van der Waals surface area contributed by atoms with Gasteiger partial charge in [0.05, 0.1) is 5.25 Å². The lowest BCUT2D eigenvalue weighted by molar-refractivity contribution is -0.115. The Hall–Kier alpha value is -2.15. The van der Waals surface area contributed by atoms with E-state index in [-0.39, 0.29) is 11.7 Å². The highest BCUT2D eigenvalue weighted by Gasteiger charge is 2.23. The van der Waals surface area contributed by atoms with Gasteiger partial charge < -0.3 is 9.73 Å². The summed E-state index contributed by atoms with van der Waals surface area (Å²) in [5.41, 5.74) is 1.17.